The average Bonchev–Trinajstić information content (AvgIpc) is 3.61. The van der Waals surface area contributed by atoms with Crippen LogP contribution in [0.25, 0.3) is 0 Å². The molecular weight excluding hydrogens is 692 g/mol. The number of carbonyl (C=O) groups excluding carboxylic acids is 5. The van der Waals surface area contributed by atoms with Gasteiger partial charge in [0.05, 0.1) is 18.7 Å². The van der Waals surface area contributed by atoms with Crippen LogP contribution in [0.1, 0.15) is 41.0 Å². The third-order valence-corrected chi connectivity index (χ3v) is 8.69. The molecule has 0 radical (unpaired) electrons. The van der Waals surface area contributed by atoms with Gasteiger partial charge in [-0.15, -0.1) is 5.10 Å². The minimum Gasteiger partial charge on any atom is -0.492 e. The predicted molar refractivity (Wildman–Crippen MR) is 198 cm³/mol. The number of aromatic nitrogens is 3. The van der Waals surface area contributed by atoms with Crippen molar-refractivity contribution < 1.29 is 33.4 Å². The Bertz CT molecular complexity index is 1920. The van der Waals surface area contributed by atoms with Crippen LogP contribution in [0.4, 0.5) is 0 Å². The maximum atomic E-state index is 13.9. The van der Waals surface area contributed by atoms with Crippen LogP contribution in [-0.2, 0) is 45.0 Å². The molecule has 0 fully saturated rings. The Labute approximate surface area is 313 Å². The van der Waals surface area contributed by atoms with Gasteiger partial charge < -0.3 is 36.1 Å². The standard InChI is InChI=1S/C39H46N8O7/c1-26(2)36-38(51)42-33(21-27-8-4-3-5-9-27)37(50)41-15-17-46(39(52)29-11-7-13-32(23-29)54-25-34(40)48)16-14-30-24-47(45-44-30)18-19-53-31-12-6-10-28(20-31)22-35(49)43-36/h3-13,20,23-24,26,33,36H,14-19,21-22,25H2,1-2H3,(H2,40,48)(H,41,50)(H,42,51)(H,43,49)/t33-,36+/m0/s1. The van der Waals surface area contributed by atoms with Gasteiger partial charge >= 0.3 is 0 Å². The number of fused-ring (bicyclic) bond motifs is 4. The number of carbonyl (C=O) groups is 5. The van der Waals surface area contributed by atoms with Gasteiger partial charge in [0.25, 0.3) is 11.8 Å². The average molecular weight is 739 g/mol. The number of hydrogen-bond acceptors (Lipinski definition) is 9. The first-order valence-corrected chi connectivity index (χ1v) is 17.9. The van der Waals surface area contributed by atoms with Crippen LogP contribution in [-0.4, -0.2) is 94.4 Å². The molecule has 1 aliphatic heterocycles. The lowest BCUT2D eigenvalue weighted by Crippen LogP contribution is -2.56. The molecule has 5 rings (SSSR count). The van der Waals surface area contributed by atoms with Crippen molar-refractivity contribution >= 4 is 29.5 Å². The third kappa shape index (κ3) is 11.6. The number of hydrogen-bond donors (Lipinski definition) is 4. The number of ether oxygens (including phenoxy) is 2. The second-order valence-electron chi connectivity index (χ2n) is 13.3. The molecule has 5 amide bonds. The Morgan fingerprint density at radius 2 is 1.74 bits per heavy atom. The number of benzene rings is 3. The Hall–Kier alpha value is -6.25. The Balaban J connectivity index is 1.40. The quantitative estimate of drug-likeness (QED) is 0.217. The van der Waals surface area contributed by atoms with Gasteiger partial charge in [-0.3, -0.25) is 24.0 Å². The monoisotopic (exact) mass is 738 g/mol. The van der Waals surface area contributed by atoms with Crippen molar-refractivity contribution in [1.29, 1.82) is 0 Å². The largest absolute Gasteiger partial charge is 0.492 e. The summed E-state index contributed by atoms with van der Waals surface area (Å²) in [5, 5.41) is 17.1. The van der Waals surface area contributed by atoms with Crippen LogP contribution in [0.5, 0.6) is 11.5 Å². The van der Waals surface area contributed by atoms with Crippen molar-refractivity contribution in [1.82, 2.24) is 35.8 Å². The van der Waals surface area contributed by atoms with Gasteiger partial charge in [-0.25, -0.2) is 4.68 Å². The second-order valence-corrected chi connectivity index (χ2v) is 13.3. The molecule has 0 unspecified atom stereocenters. The summed E-state index contributed by atoms with van der Waals surface area (Å²) in [6, 6.07) is 21.0. The fourth-order valence-corrected chi connectivity index (χ4v) is 5.89. The fraction of sp³-hybridized carbons (Fsp3) is 0.359. The van der Waals surface area contributed by atoms with E-state index in [1.165, 1.54) is 6.07 Å². The number of nitrogens with one attached hydrogen (secondary N) is 3. The van der Waals surface area contributed by atoms with E-state index in [9.17, 15) is 24.0 Å². The molecule has 284 valence electrons. The van der Waals surface area contributed by atoms with E-state index in [2.05, 4.69) is 26.3 Å². The summed E-state index contributed by atoms with van der Waals surface area (Å²) in [5.41, 5.74) is 7.71. The third-order valence-electron chi connectivity index (χ3n) is 8.69. The van der Waals surface area contributed by atoms with E-state index in [-0.39, 0.29) is 63.4 Å². The van der Waals surface area contributed by atoms with Crippen molar-refractivity contribution in [2.45, 2.75) is 51.7 Å². The van der Waals surface area contributed by atoms with Gasteiger partial charge in [0.1, 0.15) is 30.2 Å². The van der Waals surface area contributed by atoms with Crippen LogP contribution in [0.3, 0.4) is 0 Å². The first-order chi connectivity index (χ1) is 26.0. The van der Waals surface area contributed by atoms with E-state index in [1.54, 1.807) is 52.2 Å². The molecular formula is C39H46N8O7. The molecule has 1 aliphatic rings. The number of rotatable bonds is 7. The molecule has 0 saturated heterocycles. The summed E-state index contributed by atoms with van der Waals surface area (Å²) >= 11 is 0. The lowest BCUT2D eigenvalue weighted by atomic mass is 10.0. The highest BCUT2D eigenvalue weighted by Crippen LogP contribution is 2.17. The highest BCUT2D eigenvalue weighted by Gasteiger charge is 2.29. The first kappa shape index (κ1) is 39.0. The molecule has 5 N–H and O–H groups in total. The zero-order chi connectivity index (χ0) is 38.5. The molecule has 15 heteroatoms. The van der Waals surface area contributed by atoms with Crippen molar-refractivity contribution in [3.05, 3.63) is 107 Å². The van der Waals surface area contributed by atoms with E-state index in [0.29, 0.717) is 41.3 Å². The van der Waals surface area contributed by atoms with Gasteiger partial charge in [-0.1, -0.05) is 67.6 Å². The molecule has 2 atom stereocenters. The summed E-state index contributed by atoms with van der Waals surface area (Å²) in [7, 11) is 0. The van der Waals surface area contributed by atoms with E-state index in [4.69, 9.17) is 15.2 Å². The summed E-state index contributed by atoms with van der Waals surface area (Å²) in [4.78, 5) is 67.5. The molecule has 0 aliphatic carbocycles. The summed E-state index contributed by atoms with van der Waals surface area (Å²) in [6.07, 6.45) is 2.36. The molecule has 2 heterocycles. The fourth-order valence-electron chi connectivity index (χ4n) is 5.89. The number of nitrogens with zero attached hydrogens (tertiary/aromatic N) is 4. The van der Waals surface area contributed by atoms with Gasteiger partial charge in [0.15, 0.2) is 6.61 Å². The lowest BCUT2D eigenvalue weighted by molar-refractivity contribution is -0.132. The molecule has 0 spiro atoms. The molecule has 15 nitrogen and oxygen atoms in total. The van der Waals surface area contributed by atoms with Gasteiger partial charge in [-0.05, 0) is 47.4 Å². The van der Waals surface area contributed by atoms with Crippen LogP contribution in [0.15, 0.2) is 85.1 Å². The summed E-state index contributed by atoms with van der Waals surface area (Å²) in [5.74, 6) is -1.69. The Kier molecular flexibility index (Phi) is 13.7. The van der Waals surface area contributed by atoms with Crippen molar-refractivity contribution in [2.24, 2.45) is 11.7 Å². The second kappa shape index (κ2) is 19.0. The van der Waals surface area contributed by atoms with Crippen LogP contribution in [0.2, 0.25) is 0 Å². The highest BCUT2D eigenvalue weighted by molar-refractivity contribution is 5.95. The maximum absolute atomic E-state index is 13.9. The topological polar surface area (TPSA) is 200 Å². The zero-order valence-corrected chi connectivity index (χ0v) is 30.4. The van der Waals surface area contributed by atoms with E-state index in [0.717, 1.165) is 5.56 Å². The summed E-state index contributed by atoms with van der Waals surface area (Å²) in [6.45, 7) is 4.41. The number of primary amides is 1. The lowest BCUT2D eigenvalue weighted by Gasteiger charge is -2.26. The minimum atomic E-state index is -0.980. The van der Waals surface area contributed by atoms with E-state index >= 15 is 0 Å². The molecule has 1 aromatic heterocycles. The number of nitrogens with two attached hydrogens (primary N) is 1. The highest BCUT2D eigenvalue weighted by atomic mass is 16.5. The van der Waals surface area contributed by atoms with Gasteiger partial charge in [-0.2, -0.15) is 0 Å². The number of amides is 5. The van der Waals surface area contributed by atoms with Gasteiger partial charge in [0.2, 0.25) is 17.7 Å². The Morgan fingerprint density at radius 3 is 2.52 bits per heavy atom. The van der Waals surface area contributed by atoms with E-state index < -0.39 is 29.8 Å². The molecule has 0 saturated carbocycles. The van der Waals surface area contributed by atoms with E-state index in [1.807, 2.05) is 50.2 Å². The molecule has 4 bridgehead atoms. The molecule has 3 aromatic carbocycles. The van der Waals surface area contributed by atoms with Crippen molar-refractivity contribution in [3.8, 4) is 11.5 Å². The van der Waals surface area contributed by atoms with Crippen LogP contribution in [0, 0.1) is 5.92 Å². The Morgan fingerprint density at radius 1 is 0.944 bits per heavy atom. The van der Waals surface area contributed by atoms with Crippen LogP contribution >= 0.6 is 0 Å². The normalized spacial score (nSPS) is 17.8. The summed E-state index contributed by atoms with van der Waals surface area (Å²) < 4.78 is 13.0. The maximum Gasteiger partial charge on any atom is 0.255 e. The minimum absolute atomic E-state index is 0.0218. The van der Waals surface area contributed by atoms with Gasteiger partial charge in [0, 0.05) is 44.2 Å². The van der Waals surface area contributed by atoms with Crippen molar-refractivity contribution in [3.63, 3.8) is 0 Å². The first-order valence-electron chi connectivity index (χ1n) is 17.9. The predicted octanol–water partition coefficient (Wildman–Crippen LogP) is 1.45. The smallest absolute Gasteiger partial charge is 0.255 e. The zero-order valence-electron chi connectivity index (χ0n) is 30.4. The van der Waals surface area contributed by atoms with Crippen LogP contribution < -0.4 is 31.2 Å². The van der Waals surface area contributed by atoms with Crippen molar-refractivity contribution in [2.75, 3.05) is 32.8 Å². The molecule has 4 aromatic rings. The SMILES string of the molecule is CC(C)[C@H]1NC(=O)Cc2cccc(c2)OCCn2cc(nn2)CCN(C(=O)c2cccc(OCC(N)=O)c2)CCNC(=O)[C@H](Cc2ccccc2)NC1=O. The molecule has 54 heavy (non-hydrogen) atoms.